The van der Waals surface area contributed by atoms with Gasteiger partial charge in [-0.3, -0.25) is 0 Å². The lowest BCUT2D eigenvalue weighted by molar-refractivity contribution is 0.232. The van der Waals surface area contributed by atoms with E-state index in [0.717, 1.165) is 12.1 Å². The summed E-state index contributed by atoms with van der Waals surface area (Å²) in [7, 11) is 0. The Kier molecular flexibility index (Phi) is 4.32. The van der Waals surface area contributed by atoms with Crippen LogP contribution in [0, 0.1) is 6.92 Å². The Balaban J connectivity index is 2.89. The summed E-state index contributed by atoms with van der Waals surface area (Å²) in [6.45, 7) is 12.3. The lowest BCUT2D eigenvalue weighted by Gasteiger charge is -2.24. The minimum absolute atomic E-state index is 0.0110. The van der Waals surface area contributed by atoms with Crippen molar-refractivity contribution < 1.29 is 4.74 Å². The summed E-state index contributed by atoms with van der Waals surface area (Å²) in [5.74, 6) is 1.26. The van der Waals surface area contributed by atoms with Crippen LogP contribution in [0.25, 0.3) is 0 Å². The molecule has 0 aliphatic rings. The van der Waals surface area contributed by atoms with Crippen molar-refractivity contribution in [3.63, 3.8) is 0 Å². The topological polar surface area (TPSA) is 47.0 Å². The van der Waals surface area contributed by atoms with Gasteiger partial charge in [0.15, 0.2) is 0 Å². The Bertz CT molecular complexity index is 375. The monoisotopic (exact) mass is 237 g/mol. The van der Waals surface area contributed by atoms with Crippen molar-refractivity contribution in [1.82, 2.24) is 9.97 Å². The third-order valence-electron chi connectivity index (χ3n) is 2.52. The zero-order valence-corrected chi connectivity index (χ0v) is 11.7. The van der Waals surface area contributed by atoms with Gasteiger partial charge in [-0.2, -0.15) is 4.98 Å². The minimum Gasteiger partial charge on any atom is -0.475 e. The zero-order valence-electron chi connectivity index (χ0n) is 11.7. The second-order valence-corrected chi connectivity index (χ2v) is 5.20. The highest BCUT2D eigenvalue weighted by Crippen LogP contribution is 2.18. The number of hydrogen-bond donors (Lipinski definition) is 1. The highest BCUT2D eigenvalue weighted by Gasteiger charge is 2.16. The Morgan fingerprint density at radius 1 is 1.35 bits per heavy atom. The summed E-state index contributed by atoms with van der Waals surface area (Å²) in [6.07, 6.45) is 1.13. The molecule has 1 aromatic heterocycles. The molecule has 1 heterocycles. The van der Waals surface area contributed by atoms with Crippen LogP contribution >= 0.6 is 0 Å². The van der Waals surface area contributed by atoms with Crippen LogP contribution in [0.15, 0.2) is 6.07 Å². The summed E-state index contributed by atoms with van der Waals surface area (Å²) < 4.78 is 5.59. The van der Waals surface area contributed by atoms with Gasteiger partial charge in [-0.15, -0.1) is 0 Å². The van der Waals surface area contributed by atoms with Gasteiger partial charge in [-0.1, -0.05) is 6.92 Å². The number of aryl methyl sites for hydroxylation is 1. The summed E-state index contributed by atoms with van der Waals surface area (Å²) in [5, 5.41) is 3.32. The fourth-order valence-electron chi connectivity index (χ4n) is 1.29. The zero-order chi connectivity index (χ0) is 13.1. The van der Waals surface area contributed by atoms with Gasteiger partial charge in [0.05, 0.1) is 6.10 Å². The van der Waals surface area contributed by atoms with Gasteiger partial charge in [-0.05, 0) is 41.0 Å². The third kappa shape index (κ3) is 4.59. The van der Waals surface area contributed by atoms with Gasteiger partial charge < -0.3 is 10.1 Å². The minimum atomic E-state index is -0.0110. The van der Waals surface area contributed by atoms with Crippen molar-refractivity contribution >= 4 is 5.95 Å². The van der Waals surface area contributed by atoms with Gasteiger partial charge in [0, 0.05) is 17.3 Å². The van der Waals surface area contributed by atoms with Crippen LogP contribution in [-0.2, 0) is 0 Å². The quantitative estimate of drug-likeness (QED) is 0.854. The Labute approximate surface area is 104 Å². The SMILES string of the molecule is CCC(C)(C)Nc1nc(C)cc(OC(C)C)n1. The molecule has 1 aromatic rings. The van der Waals surface area contributed by atoms with E-state index in [0.29, 0.717) is 11.8 Å². The van der Waals surface area contributed by atoms with Crippen LogP contribution in [0.3, 0.4) is 0 Å². The fraction of sp³-hybridized carbons (Fsp3) is 0.692. The van der Waals surface area contributed by atoms with Crippen molar-refractivity contribution in [3.05, 3.63) is 11.8 Å². The second-order valence-electron chi connectivity index (χ2n) is 5.20. The van der Waals surface area contributed by atoms with Crippen molar-refractivity contribution in [2.24, 2.45) is 0 Å². The molecule has 17 heavy (non-hydrogen) atoms. The molecular formula is C13H23N3O. The van der Waals surface area contributed by atoms with Crippen molar-refractivity contribution in [2.45, 2.75) is 59.6 Å². The van der Waals surface area contributed by atoms with Gasteiger partial charge >= 0.3 is 0 Å². The first-order valence-electron chi connectivity index (χ1n) is 6.13. The van der Waals surface area contributed by atoms with E-state index in [1.54, 1.807) is 0 Å². The highest BCUT2D eigenvalue weighted by atomic mass is 16.5. The second kappa shape index (κ2) is 5.34. The Morgan fingerprint density at radius 2 is 2.00 bits per heavy atom. The van der Waals surface area contributed by atoms with E-state index in [1.165, 1.54) is 0 Å². The predicted octanol–water partition coefficient (Wildman–Crippen LogP) is 3.17. The average molecular weight is 237 g/mol. The Hall–Kier alpha value is -1.32. The predicted molar refractivity (Wildman–Crippen MR) is 70.5 cm³/mol. The molecule has 0 aromatic carbocycles. The van der Waals surface area contributed by atoms with E-state index in [2.05, 4.69) is 36.1 Å². The van der Waals surface area contributed by atoms with Crippen LogP contribution in [0.5, 0.6) is 5.88 Å². The maximum Gasteiger partial charge on any atom is 0.226 e. The lowest BCUT2D eigenvalue weighted by Crippen LogP contribution is -2.30. The molecule has 0 unspecified atom stereocenters. The summed E-state index contributed by atoms with van der Waals surface area (Å²) in [5.41, 5.74) is 0.896. The molecule has 1 rings (SSSR count). The smallest absolute Gasteiger partial charge is 0.226 e. The molecule has 0 amide bonds. The lowest BCUT2D eigenvalue weighted by atomic mass is 10.0. The van der Waals surface area contributed by atoms with Gasteiger partial charge in [0.1, 0.15) is 0 Å². The molecule has 0 aliphatic heterocycles. The number of aromatic nitrogens is 2. The number of nitrogens with zero attached hydrogens (tertiary/aromatic N) is 2. The van der Waals surface area contributed by atoms with Crippen LogP contribution in [-0.4, -0.2) is 21.6 Å². The summed E-state index contributed by atoms with van der Waals surface area (Å²) in [6, 6.07) is 1.85. The van der Waals surface area contributed by atoms with Crippen molar-refractivity contribution in [3.8, 4) is 5.88 Å². The normalized spacial score (nSPS) is 11.7. The van der Waals surface area contributed by atoms with Gasteiger partial charge in [-0.25, -0.2) is 4.98 Å². The highest BCUT2D eigenvalue weighted by molar-refractivity contribution is 5.33. The van der Waals surface area contributed by atoms with E-state index >= 15 is 0 Å². The fourth-order valence-corrected chi connectivity index (χ4v) is 1.29. The van der Waals surface area contributed by atoms with Crippen LogP contribution in [0.2, 0.25) is 0 Å². The molecule has 0 saturated heterocycles. The Morgan fingerprint density at radius 3 is 2.53 bits per heavy atom. The van der Waals surface area contributed by atoms with E-state index < -0.39 is 0 Å². The van der Waals surface area contributed by atoms with E-state index in [1.807, 2.05) is 26.8 Å². The number of ether oxygens (including phenoxy) is 1. The molecule has 0 spiro atoms. The number of anilines is 1. The van der Waals surface area contributed by atoms with Crippen molar-refractivity contribution in [1.29, 1.82) is 0 Å². The average Bonchev–Trinajstić information content (AvgIpc) is 2.14. The molecule has 0 fully saturated rings. The molecule has 0 radical (unpaired) electrons. The maximum absolute atomic E-state index is 5.59. The molecule has 1 N–H and O–H groups in total. The first-order chi connectivity index (χ1) is 7.82. The molecular weight excluding hydrogens is 214 g/mol. The number of hydrogen-bond acceptors (Lipinski definition) is 4. The summed E-state index contributed by atoms with van der Waals surface area (Å²) in [4.78, 5) is 8.73. The number of nitrogens with one attached hydrogen (secondary N) is 1. The van der Waals surface area contributed by atoms with Gasteiger partial charge in [0.2, 0.25) is 11.8 Å². The molecule has 0 saturated carbocycles. The van der Waals surface area contributed by atoms with Crippen LogP contribution < -0.4 is 10.1 Å². The molecule has 96 valence electrons. The number of rotatable bonds is 5. The molecule has 4 heteroatoms. The molecule has 0 aliphatic carbocycles. The first kappa shape index (κ1) is 13.7. The standard InChI is InChI=1S/C13H23N3O/c1-7-13(5,6)16-12-14-10(4)8-11(15-12)17-9(2)3/h8-9H,7H2,1-6H3,(H,14,15,16). The van der Waals surface area contributed by atoms with E-state index in [4.69, 9.17) is 4.74 Å². The third-order valence-corrected chi connectivity index (χ3v) is 2.52. The van der Waals surface area contributed by atoms with E-state index in [9.17, 15) is 0 Å². The van der Waals surface area contributed by atoms with Crippen molar-refractivity contribution in [2.75, 3.05) is 5.32 Å². The van der Waals surface area contributed by atoms with Crippen LogP contribution in [0.1, 0.15) is 46.7 Å². The van der Waals surface area contributed by atoms with Gasteiger partial charge in [0.25, 0.3) is 0 Å². The first-order valence-corrected chi connectivity index (χ1v) is 6.13. The summed E-state index contributed by atoms with van der Waals surface area (Å²) >= 11 is 0. The van der Waals surface area contributed by atoms with E-state index in [-0.39, 0.29) is 11.6 Å². The molecule has 4 nitrogen and oxygen atoms in total. The van der Waals surface area contributed by atoms with Crippen LogP contribution in [0.4, 0.5) is 5.95 Å². The maximum atomic E-state index is 5.59. The molecule has 0 bridgehead atoms. The molecule has 0 atom stereocenters. The largest absolute Gasteiger partial charge is 0.475 e.